The fourth-order valence-electron chi connectivity index (χ4n) is 4.48. The molecule has 3 saturated heterocycles. The van der Waals surface area contributed by atoms with Crippen molar-refractivity contribution in [2.24, 2.45) is 10.9 Å². The smallest absolute Gasteiger partial charge is 0.191 e. The summed E-state index contributed by atoms with van der Waals surface area (Å²) in [6.07, 6.45) is 3.87. The molecule has 0 spiro atoms. The van der Waals surface area contributed by atoms with E-state index < -0.39 is 0 Å². The molecule has 30 heavy (non-hydrogen) atoms. The molecule has 3 aliphatic heterocycles. The molecule has 0 bridgehead atoms. The zero-order valence-corrected chi connectivity index (χ0v) is 18.4. The number of ether oxygens (including phenoxy) is 3. The summed E-state index contributed by atoms with van der Waals surface area (Å²) in [7, 11) is 1.81. The van der Waals surface area contributed by atoms with Gasteiger partial charge in [0.25, 0.3) is 0 Å². The Balaban J connectivity index is 1.26. The molecule has 1 aromatic carbocycles. The maximum Gasteiger partial charge on any atom is 0.191 e. The first-order chi connectivity index (χ1) is 14.7. The van der Waals surface area contributed by atoms with Crippen molar-refractivity contribution < 1.29 is 14.2 Å². The lowest BCUT2D eigenvalue weighted by Crippen LogP contribution is -2.51. The van der Waals surface area contributed by atoms with Crippen molar-refractivity contribution in [3.63, 3.8) is 0 Å². The Labute approximate surface area is 180 Å². The first-order valence-corrected chi connectivity index (χ1v) is 11.3. The summed E-state index contributed by atoms with van der Waals surface area (Å²) in [5, 5.41) is 6.85. The molecule has 3 fully saturated rings. The Hall–Kier alpha value is -1.83. The lowest BCUT2D eigenvalue weighted by molar-refractivity contribution is -0.0453. The number of nitrogens with zero attached hydrogens (tertiary/aromatic N) is 2. The zero-order chi connectivity index (χ0) is 20.8. The van der Waals surface area contributed by atoms with Crippen molar-refractivity contribution in [1.82, 2.24) is 15.5 Å². The van der Waals surface area contributed by atoms with Crippen molar-refractivity contribution in [3.8, 4) is 5.75 Å². The highest BCUT2D eigenvalue weighted by Gasteiger charge is 2.32. The SMILES string of the molecule is CN=C(NCc1ccc(C)cc1OCC1CCOC1)NCC1CN2CCCC2CO1. The number of hydrogen-bond acceptors (Lipinski definition) is 5. The zero-order valence-electron chi connectivity index (χ0n) is 18.4. The molecular weight excluding hydrogens is 380 g/mol. The molecular formula is C23H36N4O3. The number of hydrogen-bond donors (Lipinski definition) is 2. The number of nitrogens with one attached hydrogen (secondary N) is 2. The van der Waals surface area contributed by atoms with Crippen LogP contribution in [0, 0.1) is 12.8 Å². The van der Waals surface area contributed by atoms with E-state index in [0.717, 1.165) is 56.6 Å². The molecule has 7 heteroatoms. The van der Waals surface area contributed by atoms with Gasteiger partial charge in [-0.3, -0.25) is 9.89 Å². The van der Waals surface area contributed by atoms with Crippen LogP contribution in [0.3, 0.4) is 0 Å². The highest BCUT2D eigenvalue weighted by atomic mass is 16.5. The van der Waals surface area contributed by atoms with Crippen LogP contribution in [0.1, 0.15) is 30.4 Å². The molecule has 4 rings (SSSR count). The van der Waals surface area contributed by atoms with Crippen LogP contribution in [-0.2, 0) is 16.0 Å². The number of guanidine groups is 1. The minimum Gasteiger partial charge on any atom is -0.493 e. The highest BCUT2D eigenvalue weighted by Crippen LogP contribution is 2.23. The minimum atomic E-state index is 0.213. The van der Waals surface area contributed by atoms with Crippen molar-refractivity contribution >= 4 is 5.96 Å². The summed E-state index contributed by atoms with van der Waals surface area (Å²) in [6.45, 7) is 8.96. The third-order valence-corrected chi connectivity index (χ3v) is 6.35. The van der Waals surface area contributed by atoms with Gasteiger partial charge in [0.05, 0.1) is 25.9 Å². The molecule has 0 aliphatic carbocycles. The largest absolute Gasteiger partial charge is 0.493 e. The lowest BCUT2D eigenvalue weighted by Gasteiger charge is -2.35. The molecule has 2 N–H and O–H groups in total. The van der Waals surface area contributed by atoms with Gasteiger partial charge in [0.15, 0.2) is 5.96 Å². The summed E-state index contributed by atoms with van der Waals surface area (Å²) in [5.74, 6) is 2.23. The predicted octanol–water partition coefficient (Wildman–Crippen LogP) is 1.94. The normalized spacial score (nSPS) is 27.1. The van der Waals surface area contributed by atoms with Gasteiger partial charge in [-0.05, 0) is 44.4 Å². The fraction of sp³-hybridized carbons (Fsp3) is 0.696. The van der Waals surface area contributed by atoms with Crippen molar-refractivity contribution in [3.05, 3.63) is 29.3 Å². The van der Waals surface area contributed by atoms with E-state index in [0.29, 0.717) is 25.1 Å². The van der Waals surface area contributed by atoms with Gasteiger partial charge in [0, 0.05) is 50.8 Å². The summed E-state index contributed by atoms with van der Waals surface area (Å²) in [4.78, 5) is 6.94. The molecule has 7 nitrogen and oxygen atoms in total. The van der Waals surface area contributed by atoms with Gasteiger partial charge in [0.2, 0.25) is 0 Å². The first kappa shape index (κ1) is 21.4. The van der Waals surface area contributed by atoms with Gasteiger partial charge < -0.3 is 24.8 Å². The average molecular weight is 417 g/mol. The van der Waals surface area contributed by atoms with E-state index in [4.69, 9.17) is 14.2 Å². The van der Waals surface area contributed by atoms with Crippen LogP contribution in [0.5, 0.6) is 5.75 Å². The van der Waals surface area contributed by atoms with Crippen LogP contribution in [0.2, 0.25) is 0 Å². The van der Waals surface area contributed by atoms with Gasteiger partial charge in [-0.2, -0.15) is 0 Å². The second-order valence-electron chi connectivity index (χ2n) is 8.70. The summed E-state index contributed by atoms with van der Waals surface area (Å²) < 4.78 is 17.7. The van der Waals surface area contributed by atoms with Crippen LogP contribution in [-0.4, -0.2) is 76.1 Å². The molecule has 0 amide bonds. The second-order valence-corrected chi connectivity index (χ2v) is 8.70. The van der Waals surface area contributed by atoms with Gasteiger partial charge in [0.1, 0.15) is 5.75 Å². The van der Waals surface area contributed by atoms with Gasteiger partial charge >= 0.3 is 0 Å². The molecule has 0 aromatic heterocycles. The minimum absolute atomic E-state index is 0.213. The molecule has 3 atom stereocenters. The van der Waals surface area contributed by atoms with Crippen LogP contribution in [0.15, 0.2) is 23.2 Å². The van der Waals surface area contributed by atoms with Crippen LogP contribution in [0.25, 0.3) is 0 Å². The molecule has 1 aromatic rings. The molecule has 0 saturated carbocycles. The van der Waals surface area contributed by atoms with E-state index in [1.807, 2.05) is 0 Å². The number of aliphatic imine (C=N–C) groups is 1. The van der Waals surface area contributed by atoms with Crippen molar-refractivity contribution in [2.75, 3.05) is 53.1 Å². The van der Waals surface area contributed by atoms with Gasteiger partial charge in [-0.25, -0.2) is 0 Å². The van der Waals surface area contributed by atoms with E-state index in [2.05, 4.69) is 45.6 Å². The van der Waals surface area contributed by atoms with Gasteiger partial charge in [-0.1, -0.05) is 12.1 Å². The maximum atomic E-state index is 6.16. The van der Waals surface area contributed by atoms with Crippen LogP contribution in [0.4, 0.5) is 0 Å². The third kappa shape index (κ3) is 5.65. The highest BCUT2D eigenvalue weighted by molar-refractivity contribution is 5.79. The Morgan fingerprint density at radius 1 is 1.27 bits per heavy atom. The summed E-state index contributed by atoms with van der Waals surface area (Å²) in [5.41, 5.74) is 2.34. The van der Waals surface area contributed by atoms with Gasteiger partial charge in [-0.15, -0.1) is 0 Å². The standard InChI is InChI=1S/C23H36N4O3/c1-17-5-6-19(22(10-17)30-15-18-7-9-28-14-18)11-25-23(24-2)26-12-21-13-27-8-3-4-20(27)16-29-21/h5-6,10,18,20-21H,3-4,7-9,11-16H2,1-2H3,(H2,24,25,26). The Morgan fingerprint density at radius 3 is 3.03 bits per heavy atom. The Morgan fingerprint density at radius 2 is 2.20 bits per heavy atom. The first-order valence-electron chi connectivity index (χ1n) is 11.3. The van der Waals surface area contributed by atoms with Crippen molar-refractivity contribution in [2.45, 2.75) is 44.9 Å². The number of aryl methyl sites for hydroxylation is 1. The monoisotopic (exact) mass is 416 g/mol. The van der Waals surface area contributed by atoms with Crippen LogP contribution < -0.4 is 15.4 Å². The molecule has 3 heterocycles. The summed E-state index contributed by atoms with van der Waals surface area (Å²) in [6, 6.07) is 7.01. The second kappa shape index (κ2) is 10.5. The van der Waals surface area contributed by atoms with E-state index in [1.165, 1.54) is 24.9 Å². The topological polar surface area (TPSA) is 67.4 Å². The van der Waals surface area contributed by atoms with Crippen LogP contribution >= 0.6 is 0 Å². The third-order valence-electron chi connectivity index (χ3n) is 6.35. The predicted molar refractivity (Wildman–Crippen MR) is 118 cm³/mol. The molecule has 166 valence electrons. The maximum absolute atomic E-state index is 6.16. The number of benzene rings is 1. The molecule has 0 radical (unpaired) electrons. The Kier molecular flexibility index (Phi) is 7.47. The Bertz CT molecular complexity index is 720. The van der Waals surface area contributed by atoms with E-state index in [-0.39, 0.29) is 6.10 Å². The number of morpholine rings is 1. The quantitative estimate of drug-likeness (QED) is 0.523. The van der Waals surface area contributed by atoms with E-state index in [9.17, 15) is 0 Å². The summed E-state index contributed by atoms with van der Waals surface area (Å²) >= 11 is 0. The number of fused-ring (bicyclic) bond motifs is 1. The number of rotatable bonds is 7. The average Bonchev–Trinajstić information content (AvgIpc) is 3.45. The fourth-order valence-corrected chi connectivity index (χ4v) is 4.48. The van der Waals surface area contributed by atoms with Crippen molar-refractivity contribution in [1.29, 1.82) is 0 Å². The van der Waals surface area contributed by atoms with E-state index >= 15 is 0 Å². The molecule has 3 unspecified atom stereocenters. The lowest BCUT2D eigenvalue weighted by atomic mass is 10.1. The van der Waals surface area contributed by atoms with E-state index in [1.54, 1.807) is 7.05 Å². The molecule has 3 aliphatic rings.